The van der Waals surface area contributed by atoms with Crippen LogP contribution in [-0.4, -0.2) is 64.1 Å². The molecular formula is C13H18ClN3O3. The Morgan fingerprint density at radius 2 is 1.95 bits per heavy atom. The van der Waals surface area contributed by atoms with Gasteiger partial charge in [-0.1, -0.05) is 11.6 Å². The Bertz CT molecular complexity index is 507. The number of aromatic nitrogens is 1. The number of nitrogens with zero attached hydrogens (tertiary/aromatic N) is 3. The molecule has 0 bridgehead atoms. The Labute approximate surface area is 122 Å². The number of carbonyl (C=O) groups is 2. The first-order valence-corrected chi connectivity index (χ1v) is 6.98. The van der Waals surface area contributed by atoms with Gasteiger partial charge in [0.1, 0.15) is 5.69 Å². The van der Waals surface area contributed by atoms with Crippen LogP contribution in [0.25, 0.3) is 0 Å². The third kappa shape index (κ3) is 3.32. The van der Waals surface area contributed by atoms with E-state index in [0.29, 0.717) is 43.4 Å². The molecule has 1 N–H and O–H groups in total. The maximum atomic E-state index is 12.4. The van der Waals surface area contributed by atoms with Crippen LogP contribution in [0, 0.1) is 0 Å². The molecule has 0 atom stereocenters. The minimum Gasteiger partial charge on any atom is -0.480 e. The normalized spacial score (nSPS) is 16.4. The summed E-state index contributed by atoms with van der Waals surface area (Å²) in [5.74, 6) is -0.884. The van der Waals surface area contributed by atoms with E-state index in [2.05, 4.69) is 0 Å². The predicted molar refractivity (Wildman–Crippen MR) is 75.1 cm³/mol. The molecule has 0 aliphatic carbocycles. The van der Waals surface area contributed by atoms with Gasteiger partial charge in [0.2, 0.25) is 0 Å². The molecule has 1 aliphatic heterocycles. The molecule has 2 rings (SSSR count). The zero-order valence-corrected chi connectivity index (χ0v) is 12.1. The molecule has 20 heavy (non-hydrogen) atoms. The molecule has 1 aliphatic rings. The van der Waals surface area contributed by atoms with Gasteiger partial charge in [0.05, 0.1) is 11.6 Å². The van der Waals surface area contributed by atoms with Crippen LogP contribution >= 0.6 is 11.6 Å². The Morgan fingerprint density at radius 1 is 1.30 bits per heavy atom. The largest absolute Gasteiger partial charge is 0.480 e. The lowest BCUT2D eigenvalue weighted by molar-refractivity contribution is -0.138. The van der Waals surface area contributed by atoms with Gasteiger partial charge in [-0.25, -0.2) is 0 Å². The zero-order chi connectivity index (χ0) is 14.7. The van der Waals surface area contributed by atoms with Gasteiger partial charge in [0.15, 0.2) is 0 Å². The van der Waals surface area contributed by atoms with E-state index in [4.69, 9.17) is 16.7 Å². The van der Waals surface area contributed by atoms with Crippen molar-refractivity contribution >= 4 is 23.5 Å². The number of aliphatic carboxylic acids is 1. The van der Waals surface area contributed by atoms with Crippen LogP contribution in [0.15, 0.2) is 12.3 Å². The van der Waals surface area contributed by atoms with E-state index in [-0.39, 0.29) is 12.5 Å². The molecule has 1 fully saturated rings. The van der Waals surface area contributed by atoms with Crippen molar-refractivity contribution in [3.05, 3.63) is 23.0 Å². The molecule has 0 aromatic carbocycles. The molecule has 1 aromatic rings. The summed E-state index contributed by atoms with van der Waals surface area (Å²) < 4.78 is 1.83. The predicted octanol–water partition coefficient (Wildman–Crippen LogP) is 1.00. The van der Waals surface area contributed by atoms with Crippen LogP contribution in [0.2, 0.25) is 5.02 Å². The lowest BCUT2D eigenvalue weighted by Crippen LogP contribution is -2.50. The molecule has 1 saturated heterocycles. The van der Waals surface area contributed by atoms with Crippen molar-refractivity contribution in [3.63, 3.8) is 0 Å². The molecule has 2 heterocycles. The molecule has 110 valence electrons. The standard InChI is InChI=1S/C13H18ClN3O3/c1-2-16-8-10(14)7-11(16)13(20)17-5-3-15(4-6-17)9-12(18)19/h7-8H,2-6,9H2,1H3,(H,18,19). The minimum absolute atomic E-state index is 0.0270. The first kappa shape index (κ1) is 14.9. The molecule has 0 unspecified atom stereocenters. The first-order chi connectivity index (χ1) is 9.51. The highest BCUT2D eigenvalue weighted by molar-refractivity contribution is 6.31. The molecule has 0 saturated carbocycles. The summed E-state index contributed by atoms with van der Waals surface area (Å²) in [7, 11) is 0. The van der Waals surface area contributed by atoms with Gasteiger partial charge in [-0.05, 0) is 13.0 Å². The van der Waals surface area contributed by atoms with Crippen LogP contribution in [0.4, 0.5) is 0 Å². The van der Waals surface area contributed by atoms with Gasteiger partial charge in [0.25, 0.3) is 5.91 Å². The van der Waals surface area contributed by atoms with E-state index in [1.807, 2.05) is 16.4 Å². The molecular weight excluding hydrogens is 282 g/mol. The van der Waals surface area contributed by atoms with Crippen molar-refractivity contribution < 1.29 is 14.7 Å². The summed E-state index contributed by atoms with van der Waals surface area (Å²) in [6.07, 6.45) is 1.75. The van der Waals surface area contributed by atoms with E-state index >= 15 is 0 Å². The van der Waals surface area contributed by atoms with E-state index < -0.39 is 5.97 Å². The van der Waals surface area contributed by atoms with Crippen molar-refractivity contribution in [2.24, 2.45) is 0 Å². The van der Waals surface area contributed by atoms with Crippen LogP contribution in [-0.2, 0) is 11.3 Å². The van der Waals surface area contributed by atoms with Gasteiger partial charge in [-0.3, -0.25) is 14.5 Å². The quantitative estimate of drug-likeness (QED) is 0.901. The summed E-state index contributed by atoms with van der Waals surface area (Å²) in [6, 6.07) is 1.68. The number of amides is 1. The van der Waals surface area contributed by atoms with E-state index in [1.165, 1.54) is 0 Å². The maximum Gasteiger partial charge on any atom is 0.317 e. The van der Waals surface area contributed by atoms with Gasteiger partial charge in [-0.2, -0.15) is 0 Å². The number of carboxylic acids is 1. The Hall–Kier alpha value is -1.53. The fourth-order valence-corrected chi connectivity index (χ4v) is 2.60. The lowest BCUT2D eigenvalue weighted by atomic mass is 10.2. The molecule has 6 nitrogen and oxygen atoms in total. The summed E-state index contributed by atoms with van der Waals surface area (Å²) in [4.78, 5) is 26.7. The van der Waals surface area contributed by atoms with Gasteiger partial charge in [-0.15, -0.1) is 0 Å². The Balaban J connectivity index is 1.99. The second-order valence-electron chi connectivity index (χ2n) is 4.79. The smallest absolute Gasteiger partial charge is 0.317 e. The average Bonchev–Trinajstić information content (AvgIpc) is 2.79. The highest BCUT2D eigenvalue weighted by atomic mass is 35.5. The second-order valence-corrected chi connectivity index (χ2v) is 5.23. The Morgan fingerprint density at radius 3 is 2.50 bits per heavy atom. The number of aryl methyl sites for hydroxylation is 1. The van der Waals surface area contributed by atoms with Crippen LogP contribution in [0.5, 0.6) is 0 Å². The van der Waals surface area contributed by atoms with E-state index in [0.717, 1.165) is 0 Å². The second kappa shape index (κ2) is 6.28. The van der Waals surface area contributed by atoms with Crippen LogP contribution in [0.3, 0.4) is 0 Å². The number of rotatable bonds is 4. The third-order valence-electron chi connectivity index (χ3n) is 3.44. The molecule has 0 spiro atoms. The average molecular weight is 300 g/mol. The molecule has 1 amide bonds. The SMILES string of the molecule is CCn1cc(Cl)cc1C(=O)N1CCN(CC(=O)O)CC1. The summed E-state index contributed by atoms with van der Waals surface area (Å²) in [5, 5.41) is 9.30. The van der Waals surface area contributed by atoms with Crippen molar-refractivity contribution in [1.29, 1.82) is 0 Å². The monoisotopic (exact) mass is 299 g/mol. The van der Waals surface area contributed by atoms with Crippen molar-refractivity contribution in [3.8, 4) is 0 Å². The number of halogens is 1. The van der Waals surface area contributed by atoms with Gasteiger partial charge < -0.3 is 14.6 Å². The number of hydrogen-bond acceptors (Lipinski definition) is 3. The number of carboxylic acid groups (broad SMARTS) is 1. The molecule has 0 radical (unpaired) electrons. The van der Waals surface area contributed by atoms with Crippen LogP contribution < -0.4 is 0 Å². The van der Waals surface area contributed by atoms with Crippen LogP contribution in [0.1, 0.15) is 17.4 Å². The van der Waals surface area contributed by atoms with Crippen molar-refractivity contribution in [2.45, 2.75) is 13.5 Å². The topological polar surface area (TPSA) is 65.8 Å². The fraction of sp³-hybridized carbons (Fsp3) is 0.538. The molecule has 1 aromatic heterocycles. The Kier molecular flexibility index (Phi) is 4.67. The number of hydrogen-bond donors (Lipinski definition) is 1. The summed E-state index contributed by atoms with van der Waals surface area (Å²) in [6.45, 7) is 4.92. The maximum absolute atomic E-state index is 12.4. The van der Waals surface area contributed by atoms with E-state index in [9.17, 15) is 9.59 Å². The zero-order valence-electron chi connectivity index (χ0n) is 11.4. The van der Waals surface area contributed by atoms with E-state index in [1.54, 1.807) is 17.2 Å². The van der Waals surface area contributed by atoms with Crippen molar-refractivity contribution in [2.75, 3.05) is 32.7 Å². The highest BCUT2D eigenvalue weighted by Gasteiger charge is 2.25. The molecule has 7 heteroatoms. The fourth-order valence-electron chi connectivity index (χ4n) is 2.38. The van der Waals surface area contributed by atoms with Crippen molar-refractivity contribution in [1.82, 2.24) is 14.4 Å². The van der Waals surface area contributed by atoms with Gasteiger partial charge in [0, 0.05) is 38.9 Å². The first-order valence-electron chi connectivity index (χ1n) is 6.60. The highest BCUT2D eigenvalue weighted by Crippen LogP contribution is 2.17. The third-order valence-corrected chi connectivity index (χ3v) is 3.65. The minimum atomic E-state index is -0.837. The van der Waals surface area contributed by atoms with Gasteiger partial charge >= 0.3 is 5.97 Å². The number of piperazine rings is 1. The number of carbonyl (C=O) groups excluding carboxylic acids is 1. The lowest BCUT2D eigenvalue weighted by Gasteiger charge is -2.33. The summed E-state index contributed by atoms with van der Waals surface area (Å²) >= 11 is 5.94. The summed E-state index contributed by atoms with van der Waals surface area (Å²) in [5.41, 5.74) is 0.587.